The second-order valence-electron chi connectivity index (χ2n) is 4.30. The van der Waals surface area contributed by atoms with Gasteiger partial charge in [0.2, 0.25) is 0 Å². The lowest BCUT2D eigenvalue weighted by Crippen LogP contribution is -2.22. The number of nitrogens with two attached hydrogens (primary N) is 1. The van der Waals surface area contributed by atoms with Gasteiger partial charge in [-0.2, -0.15) is 0 Å². The van der Waals surface area contributed by atoms with E-state index >= 15 is 0 Å². The number of hydrogen-bond acceptors (Lipinski definition) is 4. The molecule has 1 atom stereocenters. The Labute approximate surface area is 108 Å². The van der Waals surface area contributed by atoms with E-state index in [1.165, 1.54) is 7.11 Å². The summed E-state index contributed by atoms with van der Waals surface area (Å²) in [5.41, 5.74) is 7.99. The Morgan fingerprint density at radius 1 is 1.44 bits per heavy atom. The molecule has 1 aromatic carbocycles. The number of carbonyl (C=O) groups is 1. The van der Waals surface area contributed by atoms with Gasteiger partial charge in [-0.3, -0.25) is 0 Å². The third-order valence-corrected chi connectivity index (χ3v) is 2.86. The molecular formula is C14H21NO3. The Morgan fingerprint density at radius 3 is 2.78 bits per heavy atom. The maximum Gasteiger partial charge on any atom is 0.343 e. The first kappa shape index (κ1) is 14.5. The van der Waals surface area contributed by atoms with Crippen molar-refractivity contribution >= 4 is 5.97 Å². The fourth-order valence-electron chi connectivity index (χ4n) is 1.70. The van der Waals surface area contributed by atoms with Crippen LogP contribution in [0.2, 0.25) is 0 Å². The lowest BCUT2D eigenvalue weighted by molar-refractivity contribution is -0.142. The smallest absolute Gasteiger partial charge is 0.343 e. The van der Waals surface area contributed by atoms with E-state index in [1.807, 2.05) is 25.1 Å². The van der Waals surface area contributed by atoms with Crippen LogP contribution >= 0.6 is 0 Å². The minimum Gasteiger partial charge on any atom is -0.481 e. The SMILES string of the molecule is CCC(N)Cc1cccc(C)c1OCC(=O)OC. The standard InChI is InChI=1S/C14H21NO3/c1-4-12(15)8-11-7-5-6-10(2)14(11)18-9-13(16)17-3/h5-7,12H,4,8-9,15H2,1-3H3. The predicted octanol–water partition coefficient (Wildman–Crippen LogP) is 1.83. The van der Waals surface area contributed by atoms with E-state index in [9.17, 15) is 4.79 Å². The Kier molecular flexibility index (Phi) is 5.65. The summed E-state index contributed by atoms with van der Waals surface area (Å²) in [6.07, 6.45) is 1.65. The van der Waals surface area contributed by atoms with E-state index in [0.29, 0.717) is 0 Å². The first-order valence-electron chi connectivity index (χ1n) is 6.12. The Hall–Kier alpha value is -1.55. The van der Waals surface area contributed by atoms with Crippen molar-refractivity contribution in [3.05, 3.63) is 29.3 Å². The van der Waals surface area contributed by atoms with Crippen LogP contribution in [0, 0.1) is 6.92 Å². The van der Waals surface area contributed by atoms with E-state index in [0.717, 1.165) is 29.7 Å². The molecule has 2 N–H and O–H groups in total. The summed E-state index contributed by atoms with van der Waals surface area (Å²) in [6.45, 7) is 3.93. The van der Waals surface area contributed by atoms with Crippen LogP contribution in [0.25, 0.3) is 0 Å². The second-order valence-corrected chi connectivity index (χ2v) is 4.30. The average molecular weight is 251 g/mol. The molecule has 1 unspecified atom stereocenters. The van der Waals surface area contributed by atoms with Crippen molar-refractivity contribution in [1.29, 1.82) is 0 Å². The Morgan fingerprint density at radius 2 is 2.17 bits per heavy atom. The minimum absolute atomic E-state index is 0.0737. The van der Waals surface area contributed by atoms with Crippen LogP contribution in [0.1, 0.15) is 24.5 Å². The van der Waals surface area contributed by atoms with E-state index in [2.05, 4.69) is 11.7 Å². The van der Waals surface area contributed by atoms with E-state index in [-0.39, 0.29) is 18.6 Å². The number of ether oxygens (including phenoxy) is 2. The molecule has 100 valence electrons. The van der Waals surface area contributed by atoms with Gasteiger partial charge in [0.05, 0.1) is 7.11 Å². The number of para-hydroxylation sites is 1. The molecule has 0 radical (unpaired) electrons. The van der Waals surface area contributed by atoms with E-state index in [4.69, 9.17) is 10.5 Å². The molecule has 1 rings (SSSR count). The molecule has 18 heavy (non-hydrogen) atoms. The summed E-state index contributed by atoms with van der Waals surface area (Å²) in [5, 5.41) is 0. The number of carbonyl (C=O) groups excluding carboxylic acids is 1. The summed E-state index contributed by atoms with van der Waals surface area (Å²) >= 11 is 0. The molecule has 4 nitrogen and oxygen atoms in total. The lowest BCUT2D eigenvalue weighted by atomic mass is 10.0. The molecular weight excluding hydrogens is 230 g/mol. The molecule has 0 aliphatic rings. The highest BCUT2D eigenvalue weighted by Gasteiger charge is 2.11. The van der Waals surface area contributed by atoms with Gasteiger partial charge in [-0.1, -0.05) is 25.1 Å². The Balaban J connectivity index is 2.83. The first-order chi connectivity index (χ1) is 8.58. The van der Waals surface area contributed by atoms with Crippen molar-refractivity contribution in [2.45, 2.75) is 32.7 Å². The van der Waals surface area contributed by atoms with Gasteiger partial charge in [0.15, 0.2) is 6.61 Å². The van der Waals surface area contributed by atoms with Crippen molar-refractivity contribution in [3.63, 3.8) is 0 Å². The van der Waals surface area contributed by atoms with Crippen LogP contribution in [-0.2, 0) is 16.0 Å². The van der Waals surface area contributed by atoms with Crippen LogP contribution in [-0.4, -0.2) is 25.7 Å². The van der Waals surface area contributed by atoms with Gasteiger partial charge in [-0.15, -0.1) is 0 Å². The summed E-state index contributed by atoms with van der Waals surface area (Å²) in [7, 11) is 1.34. The predicted molar refractivity (Wildman–Crippen MR) is 70.7 cm³/mol. The summed E-state index contributed by atoms with van der Waals surface area (Å²) < 4.78 is 10.1. The summed E-state index contributed by atoms with van der Waals surface area (Å²) in [4.78, 5) is 11.1. The molecule has 0 spiro atoms. The zero-order valence-corrected chi connectivity index (χ0v) is 11.2. The van der Waals surface area contributed by atoms with Gasteiger partial charge < -0.3 is 15.2 Å². The molecule has 4 heteroatoms. The molecule has 0 saturated carbocycles. The molecule has 0 fully saturated rings. The minimum atomic E-state index is -0.385. The van der Waals surface area contributed by atoms with Gasteiger partial charge in [-0.25, -0.2) is 4.79 Å². The maximum absolute atomic E-state index is 11.1. The monoisotopic (exact) mass is 251 g/mol. The number of benzene rings is 1. The fourth-order valence-corrected chi connectivity index (χ4v) is 1.70. The van der Waals surface area contributed by atoms with Gasteiger partial charge >= 0.3 is 5.97 Å². The molecule has 0 amide bonds. The van der Waals surface area contributed by atoms with Gasteiger partial charge in [-0.05, 0) is 30.9 Å². The molecule has 0 aliphatic carbocycles. The fraction of sp³-hybridized carbons (Fsp3) is 0.500. The third-order valence-electron chi connectivity index (χ3n) is 2.86. The molecule has 0 bridgehead atoms. The topological polar surface area (TPSA) is 61.5 Å². The second kappa shape index (κ2) is 7.01. The average Bonchev–Trinajstić information content (AvgIpc) is 2.37. The van der Waals surface area contributed by atoms with Crippen LogP contribution in [0.15, 0.2) is 18.2 Å². The van der Waals surface area contributed by atoms with Gasteiger partial charge in [0, 0.05) is 6.04 Å². The maximum atomic E-state index is 11.1. The number of methoxy groups -OCH3 is 1. The van der Waals surface area contributed by atoms with E-state index in [1.54, 1.807) is 0 Å². The van der Waals surface area contributed by atoms with Crippen molar-refractivity contribution in [2.75, 3.05) is 13.7 Å². The summed E-state index contributed by atoms with van der Waals surface area (Å²) in [5.74, 6) is 0.357. The lowest BCUT2D eigenvalue weighted by Gasteiger charge is -2.15. The van der Waals surface area contributed by atoms with Crippen molar-refractivity contribution in [1.82, 2.24) is 0 Å². The van der Waals surface area contributed by atoms with Crippen LogP contribution in [0.4, 0.5) is 0 Å². The van der Waals surface area contributed by atoms with E-state index < -0.39 is 0 Å². The number of esters is 1. The normalized spacial score (nSPS) is 12.0. The molecule has 0 aliphatic heterocycles. The van der Waals surface area contributed by atoms with Crippen LogP contribution < -0.4 is 10.5 Å². The van der Waals surface area contributed by atoms with Crippen molar-refractivity contribution in [2.24, 2.45) is 5.73 Å². The van der Waals surface area contributed by atoms with Crippen molar-refractivity contribution in [3.8, 4) is 5.75 Å². The highest BCUT2D eigenvalue weighted by molar-refractivity contribution is 5.71. The first-order valence-corrected chi connectivity index (χ1v) is 6.12. The largest absolute Gasteiger partial charge is 0.481 e. The van der Waals surface area contributed by atoms with Crippen LogP contribution in [0.5, 0.6) is 5.75 Å². The van der Waals surface area contributed by atoms with Crippen LogP contribution in [0.3, 0.4) is 0 Å². The summed E-state index contributed by atoms with van der Waals surface area (Å²) in [6, 6.07) is 6.01. The van der Waals surface area contributed by atoms with Crippen molar-refractivity contribution < 1.29 is 14.3 Å². The number of rotatable bonds is 6. The molecule has 0 saturated heterocycles. The Bertz CT molecular complexity index is 404. The molecule has 0 heterocycles. The molecule has 1 aromatic rings. The quantitative estimate of drug-likeness (QED) is 0.783. The highest BCUT2D eigenvalue weighted by atomic mass is 16.6. The molecule has 0 aromatic heterocycles. The number of aryl methyl sites for hydroxylation is 1. The highest BCUT2D eigenvalue weighted by Crippen LogP contribution is 2.24. The zero-order valence-electron chi connectivity index (χ0n) is 11.2. The van der Waals surface area contributed by atoms with Gasteiger partial charge in [0.1, 0.15) is 5.75 Å². The zero-order chi connectivity index (χ0) is 13.5. The number of hydrogen-bond donors (Lipinski definition) is 1. The third kappa shape index (κ3) is 4.04. The van der Waals surface area contributed by atoms with Gasteiger partial charge in [0.25, 0.3) is 0 Å².